The lowest BCUT2D eigenvalue weighted by molar-refractivity contribution is 0.628. The number of aromatic nitrogens is 3. The fraction of sp³-hybridized carbons (Fsp3) is 0.118. The van der Waals surface area contributed by atoms with E-state index in [0.717, 1.165) is 5.56 Å². The van der Waals surface area contributed by atoms with Crippen LogP contribution in [0.5, 0.6) is 0 Å². The molecule has 6 heteroatoms. The molecule has 0 spiro atoms. The molecule has 4 nitrogen and oxygen atoms in total. The summed E-state index contributed by atoms with van der Waals surface area (Å²) in [6.07, 6.45) is 0. The van der Waals surface area contributed by atoms with Gasteiger partial charge in [-0.25, -0.2) is 9.37 Å². The van der Waals surface area contributed by atoms with Crippen molar-refractivity contribution in [2.45, 2.75) is 0 Å². The predicted molar refractivity (Wildman–Crippen MR) is 90.0 cm³/mol. The second-order valence-corrected chi connectivity index (χ2v) is 5.65. The monoisotopic (exact) mass is 328 g/mol. The van der Waals surface area contributed by atoms with E-state index in [0.29, 0.717) is 27.9 Å². The maximum atomic E-state index is 13.1. The Kier molecular flexibility index (Phi) is 4.21. The Bertz CT molecular complexity index is 817. The van der Waals surface area contributed by atoms with Crippen LogP contribution in [0.3, 0.4) is 0 Å². The van der Waals surface area contributed by atoms with Gasteiger partial charge in [0.15, 0.2) is 11.6 Å². The molecule has 0 unspecified atom stereocenters. The van der Waals surface area contributed by atoms with Crippen LogP contribution in [-0.4, -0.2) is 29.3 Å². The summed E-state index contributed by atoms with van der Waals surface area (Å²) in [4.78, 5) is 6.43. The lowest BCUT2D eigenvalue weighted by atomic mass is 10.1. The van der Waals surface area contributed by atoms with Gasteiger partial charge in [0, 0.05) is 30.2 Å². The van der Waals surface area contributed by atoms with Crippen LogP contribution in [0.4, 0.5) is 10.2 Å². The van der Waals surface area contributed by atoms with Crippen molar-refractivity contribution in [1.82, 2.24) is 15.2 Å². The third-order valence-electron chi connectivity index (χ3n) is 3.31. The van der Waals surface area contributed by atoms with Crippen LogP contribution in [0.25, 0.3) is 22.6 Å². The molecule has 3 rings (SSSR count). The van der Waals surface area contributed by atoms with Crippen LogP contribution >= 0.6 is 11.6 Å². The second-order valence-electron chi connectivity index (χ2n) is 5.22. The van der Waals surface area contributed by atoms with Crippen molar-refractivity contribution in [3.8, 4) is 22.6 Å². The Labute approximate surface area is 138 Å². The highest BCUT2D eigenvalue weighted by Crippen LogP contribution is 2.28. The largest absolute Gasteiger partial charge is 0.361 e. The van der Waals surface area contributed by atoms with Gasteiger partial charge >= 0.3 is 0 Å². The molecule has 0 saturated heterocycles. The number of halogens is 2. The van der Waals surface area contributed by atoms with Gasteiger partial charge in [0.05, 0.1) is 0 Å². The van der Waals surface area contributed by atoms with Gasteiger partial charge in [0.25, 0.3) is 0 Å². The van der Waals surface area contributed by atoms with Gasteiger partial charge in [0.1, 0.15) is 11.5 Å². The molecule has 23 heavy (non-hydrogen) atoms. The van der Waals surface area contributed by atoms with E-state index in [4.69, 9.17) is 11.6 Å². The number of benzene rings is 2. The van der Waals surface area contributed by atoms with Gasteiger partial charge in [-0.2, -0.15) is 0 Å². The molecule has 0 fully saturated rings. The summed E-state index contributed by atoms with van der Waals surface area (Å²) < 4.78 is 13.1. The molecule has 0 saturated carbocycles. The smallest absolute Gasteiger partial charge is 0.183 e. The molecule has 0 atom stereocenters. The first kappa shape index (κ1) is 15.4. The van der Waals surface area contributed by atoms with Crippen molar-refractivity contribution in [2.75, 3.05) is 19.0 Å². The Balaban J connectivity index is 2.08. The Morgan fingerprint density at radius 3 is 2.09 bits per heavy atom. The number of rotatable bonds is 3. The summed E-state index contributed by atoms with van der Waals surface area (Å²) in [5, 5.41) is 9.14. The molecule has 0 amide bonds. The van der Waals surface area contributed by atoms with Gasteiger partial charge < -0.3 is 4.90 Å². The van der Waals surface area contributed by atoms with E-state index in [-0.39, 0.29) is 5.82 Å². The Morgan fingerprint density at radius 1 is 0.870 bits per heavy atom. The van der Waals surface area contributed by atoms with Gasteiger partial charge in [-0.1, -0.05) is 23.7 Å². The topological polar surface area (TPSA) is 41.9 Å². The average molecular weight is 329 g/mol. The van der Waals surface area contributed by atoms with E-state index in [1.807, 2.05) is 31.1 Å². The van der Waals surface area contributed by atoms with Crippen molar-refractivity contribution >= 4 is 17.4 Å². The molecule has 116 valence electrons. The van der Waals surface area contributed by atoms with E-state index in [2.05, 4.69) is 15.2 Å². The summed E-state index contributed by atoms with van der Waals surface area (Å²) >= 11 is 5.93. The second kappa shape index (κ2) is 6.30. The molecule has 2 aromatic carbocycles. The highest BCUT2D eigenvalue weighted by molar-refractivity contribution is 6.30. The highest BCUT2D eigenvalue weighted by Gasteiger charge is 2.14. The minimum Gasteiger partial charge on any atom is -0.361 e. The average Bonchev–Trinajstić information content (AvgIpc) is 2.56. The first-order chi connectivity index (χ1) is 11.0. The molecule has 1 aromatic heterocycles. The predicted octanol–water partition coefficient (Wildman–Crippen LogP) is 4.06. The van der Waals surface area contributed by atoms with Crippen LogP contribution in [0, 0.1) is 5.82 Å². The third kappa shape index (κ3) is 3.29. The van der Waals surface area contributed by atoms with Crippen LogP contribution < -0.4 is 4.90 Å². The van der Waals surface area contributed by atoms with Gasteiger partial charge in [-0.3, -0.25) is 0 Å². The summed E-state index contributed by atoms with van der Waals surface area (Å²) in [5.41, 5.74) is 2.26. The van der Waals surface area contributed by atoms with Gasteiger partial charge in [-0.15, -0.1) is 10.2 Å². The molecule has 0 aliphatic heterocycles. The quantitative estimate of drug-likeness (QED) is 0.727. The van der Waals surface area contributed by atoms with Crippen LogP contribution in [-0.2, 0) is 0 Å². The van der Waals surface area contributed by atoms with E-state index in [1.54, 1.807) is 24.3 Å². The van der Waals surface area contributed by atoms with Gasteiger partial charge in [0.2, 0.25) is 0 Å². The number of nitrogens with zero attached hydrogens (tertiary/aromatic N) is 4. The van der Waals surface area contributed by atoms with E-state index in [9.17, 15) is 4.39 Å². The fourth-order valence-corrected chi connectivity index (χ4v) is 2.27. The van der Waals surface area contributed by atoms with Crippen LogP contribution in [0.15, 0.2) is 48.5 Å². The Hall–Kier alpha value is -2.53. The third-order valence-corrected chi connectivity index (χ3v) is 3.56. The highest BCUT2D eigenvalue weighted by atomic mass is 35.5. The number of hydrogen-bond acceptors (Lipinski definition) is 4. The summed E-state index contributed by atoms with van der Waals surface area (Å²) in [6.45, 7) is 0. The summed E-state index contributed by atoms with van der Waals surface area (Å²) in [6, 6.07) is 13.4. The molecule has 0 aliphatic carbocycles. The lowest BCUT2D eigenvalue weighted by Crippen LogP contribution is -2.14. The normalized spacial score (nSPS) is 10.6. The zero-order chi connectivity index (χ0) is 16.4. The summed E-state index contributed by atoms with van der Waals surface area (Å²) in [5.74, 6) is 0.834. The molecule has 1 heterocycles. The molecule has 3 aromatic rings. The molecule has 0 bridgehead atoms. The maximum absolute atomic E-state index is 13.1. The van der Waals surface area contributed by atoms with E-state index < -0.39 is 0 Å². The van der Waals surface area contributed by atoms with Crippen LogP contribution in [0.2, 0.25) is 5.02 Å². The first-order valence-corrected chi connectivity index (χ1v) is 7.36. The zero-order valence-corrected chi connectivity index (χ0v) is 13.4. The van der Waals surface area contributed by atoms with Crippen molar-refractivity contribution < 1.29 is 4.39 Å². The molecule has 0 N–H and O–H groups in total. The molecule has 0 radical (unpaired) electrons. The lowest BCUT2D eigenvalue weighted by Gasteiger charge is -2.16. The molecule has 0 aliphatic rings. The minimum absolute atomic E-state index is 0.299. The zero-order valence-electron chi connectivity index (χ0n) is 12.7. The number of anilines is 1. The van der Waals surface area contributed by atoms with Crippen molar-refractivity contribution in [2.24, 2.45) is 0 Å². The van der Waals surface area contributed by atoms with Crippen LogP contribution in [0.1, 0.15) is 0 Å². The van der Waals surface area contributed by atoms with Crippen molar-refractivity contribution in [3.05, 3.63) is 59.4 Å². The minimum atomic E-state index is -0.299. The number of hydrogen-bond donors (Lipinski definition) is 0. The first-order valence-electron chi connectivity index (χ1n) is 6.98. The van der Waals surface area contributed by atoms with Gasteiger partial charge in [-0.05, 0) is 36.4 Å². The van der Waals surface area contributed by atoms with Crippen molar-refractivity contribution in [1.29, 1.82) is 0 Å². The standard InChI is InChI=1S/C17H14ClFN4/c1-23(2)17-15(11-3-7-13(18)8-4-11)21-22-16(20-17)12-5-9-14(19)10-6-12/h3-10H,1-2H3. The SMILES string of the molecule is CN(C)c1nc(-c2ccc(F)cc2)nnc1-c1ccc(Cl)cc1. The fourth-order valence-electron chi connectivity index (χ4n) is 2.15. The molecular weight excluding hydrogens is 315 g/mol. The maximum Gasteiger partial charge on any atom is 0.183 e. The van der Waals surface area contributed by atoms with E-state index >= 15 is 0 Å². The van der Waals surface area contributed by atoms with Crippen molar-refractivity contribution in [3.63, 3.8) is 0 Å². The Morgan fingerprint density at radius 2 is 1.48 bits per heavy atom. The molecular formula is C17H14ClFN4. The van der Waals surface area contributed by atoms with E-state index in [1.165, 1.54) is 12.1 Å². The summed E-state index contributed by atoms with van der Waals surface area (Å²) in [7, 11) is 3.77.